The van der Waals surface area contributed by atoms with Crippen molar-refractivity contribution in [1.82, 2.24) is 25.5 Å². The fourth-order valence-corrected chi connectivity index (χ4v) is 2.33. The topological polar surface area (TPSA) is 119 Å². The van der Waals surface area contributed by atoms with Crippen LogP contribution in [0.4, 0.5) is 11.6 Å². The van der Waals surface area contributed by atoms with Crippen molar-refractivity contribution >= 4 is 17.5 Å². The second-order valence-corrected chi connectivity index (χ2v) is 5.74. The number of rotatable bonds is 5. The molecule has 0 saturated heterocycles. The van der Waals surface area contributed by atoms with E-state index in [1.165, 1.54) is 0 Å². The summed E-state index contributed by atoms with van der Waals surface area (Å²) in [5.41, 5.74) is 3.80. The smallest absolute Gasteiger partial charge is 0.252 e. The number of hydrogen-bond acceptors (Lipinski definition) is 6. The minimum Gasteiger partial charge on any atom is -0.337 e. The van der Waals surface area contributed by atoms with Crippen LogP contribution in [0, 0.1) is 18.3 Å². The Labute approximate surface area is 150 Å². The van der Waals surface area contributed by atoms with E-state index in [0.29, 0.717) is 11.5 Å². The van der Waals surface area contributed by atoms with Gasteiger partial charge in [0.15, 0.2) is 0 Å². The van der Waals surface area contributed by atoms with Crippen LogP contribution in [-0.4, -0.2) is 32.1 Å². The van der Waals surface area contributed by atoms with Gasteiger partial charge in [0.1, 0.15) is 6.04 Å². The van der Waals surface area contributed by atoms with Crippen molar-refractivity contribution in [2.75, 3.05) is 5.32 Å². The molecule has 3 rings (SSSR count). The Morgan fingerprint density at radius 2 is 2.04 bits per heavy atom. The normalized spacial score (nSPS) is 11.4. The lowest BCUT2D eigenvalue weighted by atomic mass is 10.1. The van der Waals surface area contributed by atoms with Crippen molar-refractivity contribution in [3.05, 3.63) is 54.0 Å². The quantitative estimate of drug-likeness (QED) is 0.652. The molecular weight excluding hydrogens is 330 g/mol. The summed E-state index contributed by atoms with van der Waals surface area (Å²) in [7, 11) is 0. The number of H-pyrrole nitrogens is 1. The highest BCUT2D eigenvalue weighted by molar-refractivity contribution is 5.95. The molecule has 0 fully saturated rings. The van der Waals surface area contributed by atoms with Crippen LogP contribution >= 0.6 is 0 Å². The summed E-state index contributed by atoms with van der Waals surface area (Å²) in [5.74, 6) is 0.170. The number of aromatic nitrogens is 4. The van der Waals surface area contributed by atoms with Gasteiger partial charge >= 0.3 is 0 Å². The number of aryl methyl sites for hydroxylation is 1. The van der Waals surface area contributed by atoms with E-state index < -0.39 is 6.04 Å². The highest BCUT2D eigenvalue weighted by Gasteiger charge is 2.11. The summed E-state index contributed by atoms with van der Waals surface area (Å²) in [5, 5.41) is 21.0. The van der Waals surface area contributed by atoms with Crippen LogP contribution in [0.25, 0.3) is 11.3 Å². The Bertz CT molecular complexity index is 943. The number of amides is 1. The highest BCUT2D eigenvalue weighted by atomic mass is 16.1. The molecule has 1 atom stereocenters. The minimum absolute atomic E-state index is 0.285. The molecule has 2 heterocycles. The van der Waals surface area contributed by atoms with Crippen LogP contribution in [-0.2, 0) is 0 Å². The number of nitrogens with zero attached hydrogens (tertiary/aromatic N) is 4. The van der Waals surface area contributed by atoms with Crippen molar-refractivity contribution in [2.45, 2.75) is 19.9 Å². The molecule has 8 heteroatoms. The molecule has 3 N–H and O–H groups in total. The highest BCUT2D eigenvalue weighted by Crippen LogP contribution is 2.23. The maximum atomic E-state index is 12.1. The third-order valence-corrected chi connectivity index (χ3v) is 3.69. The first kappa shape index (κ1) is 17.1. The van der Waals surface area contributed by atoms with Gasteiger partial charge in [0, 0.05) is 23.5 Å². The van der Waals surface area contributed by atoms with Crippen molar-refractivity contribution in [3.8, 4) is 17.3 Å². The fraction of sp³-hybridized carbons (Fsp3) is 0.167. The first-order valence-electron chi connectivity index (χ1n) is 7.97. The number of nitriles is 1. The van der Waals surface area contributed by atoms with E-state index in [-0.39, 0.29) is 5.91 Å². The monoisotopic (exact) mass is 347 g/mol. The number of anilines is 2. The van der Waals surface area contributed by atoms with Gasteiger partial charge in [0.05, 0.1) is 23.6 Å². The molecule has 0 bridgehead atoms. The molecule has 26 heavy (non-hydrogen) atoms. The first-order chi connectivity index (χ1) is 12.6. The average Bonchev–Trinajstić information content (AvgIpc) is 3.16. The van der Waals surface area contributed by atoms with Crippen molar-refractivity contribution in [2.24, 2.45) is 0 Å². The van der Waals surface area contributed by atoms with Gasteiger partial charge in [-0.05, 0) is 31.5 Å². The molecule has 0 spiro atoms. The Balaban J connectivity index is 1.82. The van der Waals surface area contributed by atoms with Crippen LogP contribution in [0.3, 0.4) is 0 Å². The van der Waals surface area contributed by atoms with E-state index in [9.17, 15) is 4.79 Å². The second-order valence-electron chi connectivity index (χ2n) is 5.74. The fourth-order valence-electron chi connectivity index (χ4n) is 2.33. The van der Waals surface area contributed by atoms with E-state index in [2.05, 4.69) is 30.8 Å². The molecule has 8 nitrogen and oxygen atoms in total. The molecular formula is C18H17N7O. The lowest BCUT2D eigenvalue weighted by molar-refractivity contribution is 0.0948. The molecule has 0 radical (unpaired) electrons. The van der Waals surface area contributed by atoms with Crippen LogP contribution < -0.4 is 10.6 Å². The Hall–Kier alpha value is -3.73. The summed E-state index contributed by atoms with van der Waals surface area (Å²) >= 11 is 0. The van der Waals surface area contributed by atoms with E-state index in [4.69, 9.17) is 5.26 Å². The lowest BCUT2D eigenvalue weighted by Crippen LogP contribution is -2.31. The van der Waals surface area contributed by atoms with E-state index in [1.807, 2.05) is 25.1 Å². The molecule has 0 aliphatic heterocycles. The number of carbonyl (C=O) groups is 1. The number of nitrogens with one attached hydrogen (secondary N) is 3. The molecule has 0 aliphatic rings. The molecule has 0 saturated carbocycles. The maximum absolute atomic E-state index is 12.1. The standard InChI is InChI=1S/C18H17N7O/c1-11-8-20-18(24-15-9-21-22-10-15)25-16(11)13-3-5-14(6-4-13)17(26)23-12(2)7-19/h3-6,8-10,12H,1-2H3,(H,21,22)(H,23,26)(H,20,24,25)/t12-/m0/s1. The van der Waals surface area contributed by atoms with Gasteiger partial charge < -0.3 is 10.6 Å². The lowest BCUT2D eigenvalue weighted by Gasteiger charge is -2.10. The Morgan fingerprint density at radius 3 is 2.69 bits per heavy atom. The predicted octanol–water partition coefficient (Wildman–Crippen LogP) is 2.56. The zero-order chi connectivity index (χ0) is 18.5. The first-order valence-corrected chi connectivity index (χ1v) is 7.97. The maximum Gasteiger partial charge on any atom is 0.252 e. The van der Waals surface area contributed by atoms with E-state index in [1.54, 1.807) is 37.6 Å². The van der Waals surface area contributed by atoms with Crippen molar-refractivity contribution in [3.63, 3.8) is 0 Å². The largest absolute Gasteiger partial charge is 0.337 e. The summed E-state index contributed by atoms with van der Waals surface area (Å²) in [6, 6.07) is 8.49. The summed E-state index contributed by atoms with van der Waals surface area (Å²) < 4.78 is 0. The average molecular weight is 347 g/mol. The van der Waals surface area contributed by atoms with E-state index >= 15 is 0 Å². The third-order valence-electron chi connectivity index (χ3n) is 3.69. The van der Waals surface area contributed by atoms with Crippen molar-refractivity contribution < 1.29 is 4.79 Å². The summed E-state index contributed by atoms with van der Waals surface area (Å²) in [6.07, 6.45) is 5.08. The molecule has 130 valence electrons. The zero-order valence-electron chi connectivity index (χ0n) is 14.3. The summed E-state index contributed by atoms with van der Waals surface area (Å²) in [4.78, 5) is 20.9. The molecule has 1 aromatic carbocycles. The third kappa shape index (κ3) is 3.84. The van der Waals surface area contributed by atoms with Gasteiger partial charge in [0.25, 0.3) is 5.91 Å². The predicted molar refractivity (Wildman–Crippen MR) is 96.6 cm³/mol. The number of benzene rings is 1. The van der Waals surface area contributed by atoms with Gasteiger partial charge in [-0.15, -0.1) is 0 Å². The van der Waals surface area contributed by atoms with Crippen LogP contribution in [0.2, 0.25) is 0 Å². The molecule has 2 aromatic heterocycles. The van der Waals surface area contributed by atoms with Gasteiger partial charge in [-0.1, -0.05) is 12.1 Å². The molecule has 0 unspecified atom stereocenters. The zero-order valence-corrected chi connectivity index (χ0v) is 14.3. The van der Waals surface area contributed by atoms with E-state index in [0.717, 1.165) is 22.5 Å². The van der Waals surface area contributed by atoms with Crippen molar-refractivity contribution in [1.29, 1.82) is 5.26 Å². The SMILES string of the molecule is Cc1cnc(Nc2cn[nH]c2)nc1-c1ccc(C(=O)N[C@@H](C)C#N)cc1. The Kier molecular flexibility index (Phi) is 4.90. The Morgan fingerprint density at radius 1 is 1.27 bits per heavy atom. The van der Waals surface area contributed by atoms with Gasteiger partial charge in [-0.25, -0.2) is 9.97 Å². The van der Waals surface area contributed by atoms with Gasteiger partial charge in [-0.3, -0.25) is 9.89 Å². The molecule has 1 amide bonds. The number of aromatic amines is 1. The number of carbonyl (C=O) groups excluding carboxylic acids is 1. The second kappa shape index (κ2) is 7.44. The van der Waals surface area contributed by atoms with Crippen LogP contribution in [0.1, 0.15) is 22.8 Å². The molecule has 0 aliphatic carbocycles. The number of hydrogen-bond donors (Lipinski definition) is 3. The van der Waals surface area contributed by atoms with Crippen LogP contribution in [0.5, 0.6) is 0 Å². The van der Waals surface area contributed by atoms with Crippen LogP contribution in [0.15, 0.2) is 42.9 Å². The summed E-state index contributed by atoms with van der Waals surface area (Å²) in [6.45, 7) is 3.55. The van der Waals surface area contributed by atoms with Gasteiger partial charge in [0.2, 0.25) is 5.95 Å². The minimum atomic E-state index is -0.539. The molecule has 3 aromatic rings. The van der Waals surface area contributed by atoms with Gasteiger partial charge in [-0.2, -0.15) is 10.4 Å².